The van der Waals surface area contributed by atoms with Crippen molar-refractivity contribution in [2.24, 2.45) is 0 Å². The molecule has 1 atom stereocenters. The van der Waals surface area contributed by atoms with Gasteiger partial charge in [-0.25, -0.2) is 0 Å². The van der Waals surface area contributed by atoms with Gasteiger partial charge in [-0.1, -0.05) is 47.5 Å². The fourth-order valence-corrected chi connectivity index (χ4v) is 3.84. The van der Waals surface area contributed by atoms with Crippen LogP contribution in [-0.4, -0.2) is 19.8 Å². The zero-order valence-corrected chi connectivity index (χ0v) is 13.6. The number of rotatable bonds is 2. The normalized spacial score (nSPS) is 23.3. The van der Waals surface area contributed by atoms with E-state index in [1.54, 1.807) is 0 Å². The summed E-state index contributed by atoms with van der Waals surface area (Å²) >= 11 is 12.2. The molecule has 1 spiro atoms. The third-order valence-corrected chi connectivity index (χ3v) is 5.30. The quantitative estimate of drug-likeness (QED) is 0.882. The molecule has 0 amide bonds. The van der Waals surface area contributed by atoms with Gasteiger partial charge in [-0.2, -0.15) is 0 Å². The standard InChI is InChI=1S/C17H17Cl2N3/c18-14-6-5-12(7-15(14)19)8-22-10-17(9-20-11-21-17)13-3-1-2-4-16(13)22/h1-7,20-21H,8-11H2. The van der Waals surface area contributed by atoms with Crippen LogP contribution >= 0.6 is 23.2 Å². The van der Waals surface area contributed by atoms with E-state index in [-0.39, 0.29) is 5.54 Å². The lowest BCUT2D eigenvalue weighted by molar-refractivity contribution is 0.439. The summed E-state index contributed by atoms with van der Waals surface area (Å²) in [6.45, 7) is 3.60. The van der Waals surface area contributed by atoms with Crippen molar-refractivity contribution >= 4 is 28.9 Å². The molecule has 114 valence electrons. The first-order valence-corrected chi connectivity index (χ1v) is 8.18. The zero-order chi connectivity index (χ0) is 15.2. The van der Waals surface area contributed by atoms with Crippen LogP contribution in [0, 0.1) is 0 Å². The lowest BCUT2D eigenvalue weighted by atomic mass is 9.93. The minimum Gasteiger partial charge on any atom is -0.365 e. The Hall–Kier alpha value is -1.26. The maximum atomic E-state index is 6.15. The van der Waals surface area contributed by atoms with E-state index >= 15 is 0 Å². The number of halogens is 2. The zero-order valence-electron chi connectivity index (χ0n) is 12.1. The smallest absolute Gasteiger partial charge is 0.0769 e. The van der Waals surface area contributed by atoms with E-state index in [1.807, 2.05) is 18.2 Å². The van der Waals surface area contributed by atoms with Gasteiger partial charge in [0.05, 0.1) is 15.6 Å². The summed E-state index contributed by atoms with van der Waals surface area (Å²) in [7, 11) is 0. The lowest BCUT2D eigenvalue weighted by Gasteiger charge is -2.25. The molecule has 2 N–H and O–H groups in total. The third-order valence-electron chi connectivity index (χ3n) is 4.56. The van der Waals surface area contributed by atoms with E-state index in [4.69, 9.17) is 23.2 Å². The van der Waals surface area contributed by atoms with Gasteiger partial charge in [0.2, 0.25) is 0 Å². The Bertz CT molecular complexity index is 711. The van der Waals surface area contributed by atoms with Gasteiger partial charge in [-0.05, 0) is 29.3 Å². The largest absolute Gasteiger partial charge is 0.365 e. The van der Waals surface area contributed by atoms with Crippen LogP contribution in [0.3, 0.4) is 0 Å². The predicted molar refractivity (Wildman–Crippen MR) is 91.6 cm³/mol. The molecule has 1 fully saturated rings. The van der Waals surface area contributed by atoms with Crippen LogP contribution in [0.15, 0.2) is 42.5 Å². The summed E-state index contributed by atoms with van der Waals surface area (Å²) in [6.07, 6.45) is 0. The molecule has 0 aliphatic carbocycles. The summed E-state index contributed by atoms with van der Waals surface area (Å²) in [5, 5.41) is 8.26. The maximum absolute atomic E-state index is 6.15. The molecule has 0 radical (unpaired) electrons. The number of fused-ring (bicyclic) bond motifs is 2. The van der Waals surface area contributed by atoms with Gasteiger partial charge in [-0.15, -0.1) is 0 Å². The molecular formula is C17H17Cl2N3. The molecule has 2 aliphatic rings. The summed E-state index contributed by atoms with van der Waals surface area (Å²) < 4.78 is 0. The van der Waals surface area contributed by atoms with Gasteiger partial charge < -0.3 is 10.2 Å². The lowest BCUT2D eigenvalue weighted by Crippen LogP contribution is -2.43. The van der Waals surface area contributed by atoms with Crippen molar-refractivity contribution in [2.75, 3.05) is 24.7 Å². The molecule has 2 aliphatic heterocycles. The van der Waals surface area contributed by atoms with Gasteiger partial charge >= 0.3 is 0 Å². The molecule has 0 saturated carbocycles. The number of nitrogens with zero attached hydrogens (tertiary/aromatic N) is 1. The second-order valence-corrected chi connectivity index (χ2v) is 6.80. The minimum absolute atomic E-state index is 0.0206. The first-order valence-electron chi connectivity index (χ1n) is 7.42. The Morgan fingerprint density at radius 2 is 1.95 bits per heavy atom. The van der Waals surface area contributed by atoms with Crippen molar-refractivity contribution < 1.29 is 0 Å². The fourth-order valence-electron chi connectivity index (χ4n) is 3.52. The van der Waals surface area contributed by atoms with E-state index in [0.717, 1.165) is 26.3 Å². The number of nitrogens with one attached hydrogen (secondary N) is 2. The molecule has 0 bridgehead atoms. The number of hydrogen-bond acceptors (Lipinski definition) is 3. The van der Waals surface area contributed by atoms with Gasteiger partial charge in [0.15, 0.2) is 0 Å². The molecule has 1 unspecified atom stereocenters. The van der Waals surface area contributed by atoms with E-state index in [0.29, 0.717) is 10.0 Å². The highest BCUT2D eigenvalue weighted by atomic mass is 35.5. The molecular weight excluding hydrogens is 317 g/mol. The molecule has 5 heteroatoms. The van der Waals surface area contributed by atoms with Crippen molar-refractivity contribution in [1.29, 1.82) is 0 Å². The van der Waals surface area contributed by atoms with E-state index < -0.39 is 0 Å². The van der Waals surface area contributed by atoms with Crippen molar-refractivity contribution in [2.45, 2.75) is 12.1 Å². The average Bonchev–Trinajstić information content (AvgIpc) is 3.11. The Morgan fingerprint density at radius 3 is 2.73 bits per heavy atom. The monoisotopic (exact) mass is 333 g/mol. The van der Waals surface area contributed by atoms with Gasteiger partial charge in [0.25, 0.3) is 0 Å². The highest BCUT2D eigenvalue weighted by Gasteiger charge is 2.44. The number of anilines is 1. The maximum Gasteiger partial charge on any atom is 0.0769 e. The second kappa shape index (κ2) is 5.43. The van der Waals surface area contributed by atoms with Crippen LogP contribution < -0.4 is 15.5 Å². The van der Waals surface area contributed by atoms with Crippen molar-refractivity contribution in [3.05, 3.63) is 63.6 Å². The molecule has 3 nitrogen and oxygen atoms in total. The number of benzene rings is 2. The van der Waals surface area contributed by atoms with Crippen LogP contribution in [0.1, 0.15) is 11.1 Å². The van der Waals surface area contributed by atoms with Gasteiger partial charge in [-0.3, -0.25) is 5.32 Å². The molecule has 2 aromatic rings. The van der Waals surface area contributed by atoms with Crippen molar-refractivity contribution in [1.82, 2.24) is 10.6 Å². The highest BCUT2D eigenvalue weighted by Crippen LogP contribution is 2.40. The minimum atomic E-state index is 0.0206. The Morgan fingerprint density at radius 1 is 1.09 bits per heavy atom. The molecule has 0 aromatic heterocycles. The molecule has 22 heavy (non-hydrogen) atoms. The molecule has 1 saturated heterocycles. The van der Waals surface area contributed by atoms with Crippen molar-refractivity contribution in [3.63, 3.8) is 0 Å². The van der Waals surface area contributed by atoms with Crippen LogP contribution in [0.2, 0.25) is 10.0 Å². The van der Waals surface area contributed by atoms with Crippen LogP contribution in [0.4, 0.5) is 5.69 Å². The predicted octanol–water partition coefficient (Wildman–Crippen LogP) is 3.36. The first-order chi connectivity index (χ1) is 10.7. The summed E-state index contributed by atoms with van der Waals surface area (Å²) in [5.41, 5.74) is 3.87. The van der Waals surface area contributed by atoms with Gasteiger partial charge in [0, 0.05) is 32.0 Å². The SMILES string of the molecule is Clc1ccc(CN2CC3(CNCN3)c3ccccc32)cc1Cl. The Kier molecular flexibility index (Phi) is 3.54. The van der Waals surface area contributed by atoms with E-state index in [9.17, 15) is 0 Å². The van der Waals surface area contributed by atoms with Crippen LogP contribution in [0.25, 0.3) is 0 Å². The summed E-state index contributed by atoms with van der Waals surface area (Å²) in [6, 6.07) is 14.5. The second-order valence-electron chi connectivity index (χ2n) is 5.98. The molecule has 2 aromatic carbocycles. The number of hydrogen-bond donors (Lipinski definition) is 2. The Balaban J connectivity index is 1.67. The summed E-state index contributed by atoms with van der Waals surface area (Å²) in [4.78, 5) is 2.41. The van der Waals surface area contributed by atoms with Crippen LogP contribution in [0.5, 0.6) is 0 Å². The molecule has 2 heterocycles. The van der Waals surface area contributed by atoms with E-state index in [1.165, 1.54) is 16.8 Å². The van der Waals surface area contributed by atoms with E-state index in [2.05, 4.69) is 39.8 Å². The number of para-hydroxylation sites is 1. The highest BCUT2D eigenvalue weighted by molar-refractivity contribution is 6.42. The topological polar surface area (TPSA) is 27.3 Å². The average molecular weight is 334 g/mol. The fraction of sp³-hybridized carbons (Fsp3) is 0.294. The van der Waals surface area contributed by atoms with Crippen LogP contribution in [-0.2, 0) is 12.1 Å². The molecule has 4 rings (SSSR count). The first kappa shape index (κ1) is 14.3. The summed E-state index contributed by atoms with van der Waals surface area (Å²) in [5.74, 6) is 0. The van der Waals surface area contributed by atoms with Gasteiger partial charge in [0.1, 0.15) is 0 Å². The van der Waals surface area contributed by atoms with Crippen molar-refractivity contribution in [3.8, 4) is 0 Å². The third kappa shape index (κ3) is 2.29. The Labute approximate surface area is 140 Å².